The molecule has 0 aromatic heterocycles. The third-order valence-electron chi connectivity index (χ3n) is 4.57. The van der Waals surface area contributed by atoms with Gasteiger partial charge in [-0.1, -0.05) is 41.4 Å². The number of hydrogen-bond acceptors (Lipinski definition) is 3. The van der Waals surface area contributed by atoms with Crippen molar-refractivity contribution in [2.75, 3.05) is 13.1 Å². The molecule has 1 heterocycles. The second-order valence-corrected chi connectivity index (χ2v) is 9.64. The summed E-state index contributed by atoms with van der Waals surface area (Å²) >= 11 is 3.37. The van der Waals surface area contributed by atoms with Crippen molar-refractivity contribution in [1.82, 2.24) is 9.62 Å². The van der Waals surface area contributed by atoms with Crippen LogP contribution in [0.4, 0.5) is 0 Å². The third kappa shape index (κ3) is 6.08. The lowest BCUT2D eigenvalue weighted by Crippen LogP contribution is -2.45. The highest BCUT2D eigenvalue weighted by Crippen LogP contribution is 2.23. The number of nitrogens with zero attached hydrogens (tertiary/aromatic N) is 1. The monoisotopic (exact) mass is 430 g/mol. The molecule has 25 heavy (non-hydrogen) atoms. The van der Waals surface area contributed by atoms with Gasteiger partial charge in [0.2, 0.25) is 15.9 Å². The first kappa shape index (κ1) is 20.4. The summed E-state index contributed by atoms with van der Waals surface area (Å²) in [7, 11) is -3.35. The molecule has 1 aromatic carbocycles. The van der Waals surface area contributed by atoms with E-state index in [1.807, 2.05) is 31.2 Å². The predicted octanol–water partition coefficient (Wildman–Crippen LogP) is 3.30. The third-order valence-corrected chi connectivity index (χ3v) is 6.91. The number of nitrogens with one attached hydrogen (secondary N) is 1. The number of carbonyl (C=O) groups excluding carboxylic acids is 1. The van der Waals surface area contributed by atoms with Crippen LogP contribution in [0.1, 0.15) is 45.1 Å². The largest absolute Gasteiger partial charge is 0.353 e. The fourth-order valence-corrected chi connectivity index (χ4v) is 5.19. The fourth-order valence-electron chi connectivity index (χ4n) is 3.19. The van der Waals surface area contributed by atoms with E-state index in [0.717, 1.165) is 22.9 Å². The molecule has 1 N–H and O–H groups in total. The van der Waals surface area contributed by atoms with Gasteiger partial charge in [-0.3, -0.25) is 4.79 Å². The Hall–Kier alpha value is -0.920. The highest BCUT2D eigenvalue weighted by molar-refractivity contribution is 9.10. The Kier molecular flexibility index (Phi) is 7.46. The van der Waals surface area contributed by atoms with E-state index < -0.39 is 10.0 Å². The molecule has 0 saturated carbocycles. The second-order valence-electron chi connectivity index (χ2n) is 6.76. The van der Waals surface area contributed by atoms with Crippen molar-refractivity contribution in [3.63, 3.8) is 0 Å². The number of benzene rings is 1. The molecule has 5 nitrogen and oxygen atoms in total. The Bertz CT molecular complexity index is 685. The zero-order valence-electron chi connectivity index (χ0n) is 14.9. The van der Waals surface area contributed by atoms with Crippen LogP contribution in [0.3, 0.4) is 0 Å². The molecule has 140 valence electrons. The van der Waals surface area contributed by atoms with Crippen molar-refractivity contribution in [3.05, 3.63) is 34.3 Å². The molecule has 1 aliphatic rings. The van der Waals surface area contributed by atoms with E-state index in [-0.39, 0.29) is 23.6 Å². The quantitative estimate of drug-likeness (QED) is 0.721. The molecule has 0 unspecified atom stereocenters. The number of sulfonamides is 1. The van der Waals surface area contributed by atoms with Crippen molar-refractivity contribution in [3.8, 4) is 0 Å². The Labute approximate surface area is 159 Å². The first-order valence-corrected chi connectivity index (χ1v) is 11.2. The molecule has 0 bridgehead atoms. The highest BCUT2D eigenvalue weighted by Gasteiger charge is 2.31. The van der Waals surface area contributed by atoms with Gasteiger partial charge in [0, 0.05) is 29.5 Å². The average Bonchev–Trinajstić information content (AvgIpc) is 2.54. The molecule has 1 aromatic rings. The first-order chi connectivity index (χ1) is 11.8. The van der Waals surface area contributed by atoms with Gasteiger partial charge in [-0.05, 0) is 43.9 Å². The highest BCUT2D eigenvalue weighted by atomic mass is 79.9. The molecule has 1 saturated heterocycles. The van der Waals surface area contributed by atoms with E-state index >= 15 is 0 Å². The van der Waals surface area contributed by atoms with Crippen molar-refractivity contribution >= 4 is 31.9 Å². The van der Waals surface area contributed by atoms with Gasteiger partial charge in [0.05, 0.1) is 5.75 Å². The minimum Gasteiger partial charge on any atom is -0.353 e. The topological polar surface area (TPSA) is 66.5 Å². The Morgan fingerprint density at radius 2 is 2.04 bits per heavy atom. The van der Waals surface area contributed by atoms with E-state index in [1.165, 1.54) is 4.31 Å². The number of rotatable bonds is 7. The van der Waals surface area contributed by atoms with Gasteiger partial charge in [0.15, 0.2) is 0 Å². The summed E-state index contributed by atoms with van der Waals surface area (Å²) in [5.41, 5.74) is 0.766. The van der Waals surface area contributed by atoms with Gasteiger partial charge in [0.1, 0.15) is 0 Å². The summed E-state index contributed by atoms with van der Waals surface area (Å²) in [6.07, 6.45) is 3.17. The average molecular weight is 431 g/mol. The second kappa shape index (κ2) is 9.14. The normalized spacial score (nSPS) is 18.0. The van der Waals surface area contributed by atoms with Crippen LogP contribution in [0.15, 0.2) is 28.7 Å². The molecule has 0 spiro atoms. The Morgan fingerprint density at radius 1 is 1.36 bits per heavy atom. The van der Waals surface area contributed by atoms with Crippen molar-refractivity contribution in [2.24, 2.45) is 5.92 Å². The maximum Gasteiger partial charge on any atom is 0.223 e. The predicted molar refractivity (Wildman–Crippen MR) is 104 cm³/mol. The fraction of sp³-hybridized carbons (Fsp3) is 0.611. The van der Waals surface area contributed by atoms with Crippen molar-refractivity contribution < 1.29 is 13.2 Å². The molecule has 0 aliphatic carbocycles. The maximum absolute atomic E-state index is 12.6. The molecule has 0 radical (unpaired) electrons. The summed E-state index contributed by atoms with van der Waals surface area (Å²) in [4.78, 5) is 12.3. The molecule has 1 fully saturated rings. The van der Waals surface area contributed by atoms with Crippen molar-refractivity contribution in [1.29, 1.82) is 0 Å². The van der Waals surface area contributed by atoms with E-state index in [0.29, 0.717) is 25.9 Å². The summed E-state index contributed by atoms with van der Waals surface area (Å²) in [5, 5.41) is 3.04. The molecule has 1 amide bonds. The molecule has 1 atom stereocenters. The van der Waals surface area contributed by atoms with E-state index in [1.54, 1.807) is 0 Å². The standard InChI is InChI=1S/C18H27BrN2O3S/c1-3-5-14(2)20-18(22)16-8-10-21(11-9-16)25(23,24)13-15-6-4-7-17(19)12-15/h4,6-7,12,14,16H,3,5,8-11,13H2,1-2H3,(H,20,22)/t14-/m1/s1. The van der Waals surface area contributed by atoms with Gasteiger partial charge < -0.3 is 5.32 Å². The minimum atomic E-state index is -3.35. The number of hydrogen-bond donors (Lipinski definition) is 1. The van der Waals surface area contributed by atoms with Crippen LogP contribution in [-0.4, -0.2) is 37.8 Å². The summed E-state index contributed by atoms with van der Waals surface area (Å²) in [6.45, 7) is 4.93. The lowest BCUT2D eigenvalue weighted by Gasteiger charge is -2.31. The van der Waals surface area contributed by atoms with Crippen LogP contribution in [0.5, 0.6) is 0 Å². The van der Waals surface area contributed by atoms with Gasteiger partial charge in [-0.25, -0.2) is 12.7 Å². The van der Waals surface area contributed by atoms with Crippen molar-refractivity contribution in [2.45, 2.75) is 51.3 Å². The first-order valence-electron chi connectivity index (χ1n) is 8.84. The maximum atomic E-state index is 12.6. The van der Waals surface area contributed by atoms with Gasteiger partial charge >= 0.3 is 0 Å². The SMILES string of the molecule is CCC[C@@H](C)NC(=O)C1CCN(S(=O)(=O)Cc2cccc(Br)c2)CC1. The molecular weight excluding hydrogens is 404 g/mol. The lowest BCUT2D eigenvalue weighted by molar-refractivity contribution is -0.126. The minimum absolute atomic E-state index is 0.00314. The Morgan fingerprint density at radius 3 is 2.64 bits per heavy atom. The van der Waals surface area contributed by atoms with E-state index in [2.05, 4.69) is 28.2 Å². The molecular formula is C18H27BrN2O3S. The smallest absolute Gasteiger partial charge is 0.223 e. The van der Waals surface area contributed by atoms with Crippen LogP contribution in [0, 0.1) is 5.92 Å². The number of carbonyl (C=O) groups is 1. The summed E-state index contributed by atoms with van der Waals surface area (Å²) < 4.78 is 27.6. The van der Waals surface area contributed by atoms with Crippen LogP contribution >= 0.6 is 15.9 Å². The Balaban J connectivity index is 1.89. The zero-order valence-corrected chi connectivity index (χ0v) is 17.3. The summed E-state index contributed by atoms with van der Waals surface area (Å²) in [5.74, 6) is -0.0294. The zero-order chi connectivity index (χ0) is 18.4. The van der Waals surface area contributed by atoms with Crippen LogP contribution < -0.4 is 5.32 Å². The molecule has 7 heteroatoms. The van der Waals surface area contributed by atoms with Gasteiger partial charge in [0.25, 0.3) is 0 Å². The number of halogens is 1. The van der Waals surface area contributed by atoms with Crippen LogP contribution in [0.2, 0.25) is 0 Å². The molecule has 2 rings (SSSR count). The molecule has 1 aliphatic heterocycles. The van der Waals surface area contributed by atoms with Gasteiger partial charge in [-0.2, -0.15) is 0 Å². The van der Waals surface area contributed by atoms with Gasteiger partial charge in [-0.15, -0.1) is 0 Å². The van der Waals surface area contributed by atoms with Crippen LogP contribution in [-0.2, 0) is 20.6 Å². The lowest BCUT2D eigenvalue weighted by atomic mass is 9.96. The number of piperidine rings is 1. The van der Waals surface area contributed by atoms with Crippen LogP contribution in [0.25, 0.3) is 0 Å². The number of amides is 1. The summed E-state index contributed by atoms with van der Waals surface area (Å²) in [6, 6.07) is 7.53. The van der Waals surface area contributed by atoms with E-state index in [4.69, 9.17) is 0 Å². The van der Waals surface area contributed by atoms with E-state index in [9.17, 15) is 13.2 Å².